The van der Waals surface area contributed by atoms with Crippen LogP contribution in [0.3, 0.4) is 0 Å². The minimum atomic E-state index is -1.10. The number of morpholine rings is 1. The number of nitrogens with zero attached hydrogens (tertiary/aromatic N) is 1. The van der Waals surface area contributed by atoms with Crippen LogP contribution in [0.2, 0.25) is 0 Å². The number of aliphatic carboxylic acids is 1. The third-order valence-electron chi connectivity index (χ3n) is 3.17. The molecule has 1 saturated heterocycles. The smallest absolute Gasteiger partial charge is 0.331 e. The molecule has 0 radical (unpaired) electrons. The van der Waals surface area contributed by atoms with E-state index in [0.29, 0.717) is 13.0 Å². The quantitative estimate of drug-likeness (QED) is 0.696. The van der Waals surface area contributed by atoms with Crippen LogP contribution in [-0.2, 0) is 19.1 Å². The predicted molar refractivity (Wildman–Crippen MR) is 72.7 cm³/mol. The van der Waals surface area contributed by atoms with Crippen molar-refractivity contribution in [3.8, 4) is 0 Å². The molecule has 1 rings (SSSR count). The number of urea groups is 1. The summed E-state index contributed by atoms with van der Waals surface area (Å²) in [5.41, 5.74) is 0. The topological polar surface area (TPSA) is 105 Å². The maximum absolute atomic E-state index is 12.2. The van der Waals surface area contributed by atoms with E-state index in [1.807, 2.05) is 13.8 Å². The lowest BCUT2D eigenvalue weighted by atomic mass is 10.0. The van der Waals surface area contributed by atoms with Gasteiger partial charge in [0.2, 0.25) is 0 Å². The summed E-state index contributed by atoms with van der Waals surface area (Å²) in [5.74, 6) is -1.56. The summed E-state index contributed by atoms with van der Waals surface area (Å²) in [4.78, 5) is 36.3. The zero-order chi connectivity index (χ0) is 16.0. The van der Waals surface area contributed by atoms with Crippen molar-refractivity contribution in [3.63, 3.8) is 0 Å². The van der Waals surface area contributed by atoms with Crippen molar-refractivity contribution >= 4 is 18.0 Å². The molecule has 0 aromatic heterocycles. The van der Waals surface area contributed by atoms with Crippen LogP contribution in [-0.4, -0.2) is 66.9 Å². The number of methoxy groups -OCH3 is 1. The van der Waals surface area contributed by atoms with Gasteiger partial charge in [0.1, 0.15) is 6.04 Å². The Balaban J connectivity index is 2.74. The normalized spacial score (nSPS) is 20.0. The number of hydrogen-bond acceptors (Lipinski definition) is 5. The molecule has 8 nitrogen and oxygen atoms in total. The first-order valence-corrected chi connectivity index (χ1v) is 6.82. The van der Waals surface area contributed by atoms with E-state index in [9.17, 15) is 14.4 Å². The Morgan fingerprint density at radius 3 is 2.62 bits per heavy atom. The first-order chi connectivity index (χ1) is 9.86. The van der Waals surface area contributed by atoms with Gasteiger partial charge in [-0.2, -0.15) is 0 Å². The number of nitrogens with one attached hydrogen (secondary N) is 1. The van der Waals surface area contributed by atoms with Gasteiger partial charge in [0.15, 0.2) is 6.04 Å². The van der Waals surface area contributed by atoms with Gasteiger partial charge in [-0.15, -0.1) is 0 Å². The Labute approximate surface area is 123 Å². The monoisotopic (exact) mass is 302 g/mol. The predicted octanol–water partition coefficient (Wildman–Crippen LogP) is 0.0691. The van der Waals surface area contributed by atoms with Crippen LogP contribution in [0, 0.1) is 5.92 Å². The van der Waals surface area contributed by atoms with Crippen molar-refractivity contribution < 1.29 is 29.0 Å². The first kappa shape index (κ1) is 17.2. The van der Waals surface area contributed by atoms with Crippen molar-refractivity contribution in [3.05, 3.63) is 0 Å². The summed E-state index contributed by atoms with van der Waals surface area (Å²) < 4.78 is 9.79. The molecule has 0 aromatic rings. The SMILES string of the molecule is COC(=O)C1COCCN1C(=O)N[C@H](CC(C)C)C(=O)O. The van der Waals surface area contributed by atoms with E-state index < -0.39 is 30.1 Å². The molecule has 8 heteroatoms. The zero-order valence-corrected chi connectivity index (χ0v) is 12.5. The van der Waals surface area contributed by atoms with Crippen LogP contribution in [0.1, 0.15) is 20.3 Å². The summed E-state index contributed by atoms with van der Waals surface area (Å²) in [5, 5.41) is 11.6. The van der Waals surface area contributed by atoms with E-state index in [4.69, 9.17) is 9.84 Å². The molecule has 21 heavy (non-hydrogen) atoms. The highest BCUT2D eigenvalue weighted by Crippen LogP contribution is 2.11. The average molecular weight is 302 g/mol. The maximum Gasteiger partial charge on any atom is 0.331 e. The van der Waals surface area contributed by atoms with Gasteiger partial charge >= 0.3 is 18.0 Å². The molecular formula is C13H22N2O6. The average Bonchev–Trinajstić information content (AvgIpc) is 2.45. The molecule has 2 amide bonds. The molecule has 1 heterocycles. The Hall–Kier alpha value is -1.83. The molecule has 120 valence electrons. The lowest BCUT2D eigenvalue weighted by molar-refractivity contribution is -0.151. The van der Waals surface area contributed by atoms with E-state index in [0.717, 1.165) is 0 Å². The van der Waals surface area contributed by atoms with Gasteiger partial charge in [0.25, 0.3) is 0 Å². The van der Waals surface area contributed by atoms with E-state index >= 15 is 0 Å². The minimum Gasteiger partial charge on any atom is -0.480 e. The number of ether oxygens (including phenoxy) is 2. The summed E-state index contributed by atoms with van der Waals surface area (Å²) in [6.45, 7) is 4.28. The van der Waals surface area contributed by atoms with Crippen LogP contribution >= 0.6 is 0 Å². The maximum atomic E-state index is 12.2. The lowest BCUT2D eigenvalue weighted by Crippen LogP contribution is -2.58. The number of amides is 2. The molecule has 2 atom stereocenters. The largest absolute Gasteiger partial charge is 0.480 e. The number of carbonyl (C=O) groups is 3. The second kappa shape index (κ2) is 7.82. The van der Waals surface area contributed by atoms with Crippen LogP contribution < -0.4 is 5.32 Å². The van der Waals surface area contributed by atoms with E-state index in [1.54, 1.807) is 0 Å². The standard InChI is InChI=1S/C13H22N2O6/c1-8(2)6-9(11(16)17)14-13(19)15-4-5-21-7-10(15)12(18)20-3/h8-10H,4-7H2,1-3H3,(H,14,19)(H,16,17)/t9-,10?/m1/s1. The van der Waals surface area contributed by atoms with Gasteiger partial charge < -0.3 is 24.8 Å². The number of carboxylic acids is 1. The molecule has 1 aliphatic rings. The van der Waals surface area contributed by atoms with Gasteiger partial charge in [-0.25, -0.2) is 14.4 Å². The van der Waals surface area contributed by atoms with Crippen LogP contribution in [0.15, 0.2) is 0 Å². The van der Waals surface area contributed by atoms with Gasteiger partial charge in [-0.05, 0) is 12.3 Å². The fraction of sp³-hybridized carbons (Fsp3) is 0.769. The summed E-state index contributed by atoms with van der Waals surface area (Å²) in [7, 11) is 1.23. The van der Waals surface area contributed by atoms with Crippen LogP contribution in [0.25, 0.3) is 0 Å². The zero-order valence-electron chi connectivity index (χ0n) is 12.5. The highest BCUT2D eigenvalue weighted by molar-refractivity contribution is 5.86. The van der Waals surface area contributed by atoms with Gasteiger partial charge in [-0.3, -0.25) is 0 Å². The minimum absolute atomic E-state index is 0.0437. The number of rotatable bonds is 5. The highest BCUT2D eigenvalue weighted by Gasteiger charge is 2.35. The fourth-order valence-corrected chi connectivity index (χ4v) is 2.10. The van der Waals surface area contributed by atoms with Crippen molar-refractivity contribution in [2.24, 2.45) is 5.92 Å². The van der Waals surface area contributed by atoms with Gasteiger partial charge in [0.05, 0.1) is 20.3 Å². The molecule has 0 aromatic carbocycles. The van der Waals surface area contributed by atoms with Crippen molar-refractivity contribution in [1.82, 2.24) is 10.2 Å². The summed E-state index contributed by atoms with van der Waals surface area (Å²) in [6, 6.07) is -2.43. The van der Waals surface area contributed by atoms with Crippen molar-refractivity contribution in [2.75, 3.05) is 26.9 Å². The Kier molecular flexibility index (Phi) is 6.41. The lowest BCUT2D eigenvalue weighted by Gasteiger charge is -2.34. The second-order valence-corrected chi connectivity index (χ2v) is 5.28. The number of carboxylic acid groups (broad SMARTS) is 1. The van der Waals surface area contributed by atoms with Crippen molar-refractivity contribution in [1.29, 1.82) is 0 Å². The van der Waals surface area contributed by atoms with E-state index in [1.165, 1.54) is 12.0 Å². The Bertz CT molecular complexity index is 398. The van der Waals surface area contributed by atoms with Gasteiger partial charge in [-0.1, -0.05) is 13.8 Å². The second-order valence-electron chi connectivity index (χ2n) is 5.28. The molecule has 0 bridgehead atoms. The van der Waals surface area contributed by atoms with E-state index in [2.05, 4.69) is 10.1 Å². The van der Waals surface area contributed by atoms with Gasteiger partial charge in [0, 0.05) is 6.54 Å². The molecule has 0 aliphatic carbocycles. The number of hydrogen-bond donors (Lipinski definition) is 2. The summed E-state index contributed by atoms with van der Waals surface area (Å²) in [6.07, 6.45) is 0.314. The molecule has 2 N–H and O–H groups in total. The number of carbonyl (C=O) groups excluding carboxylic acids is 2. The Morgan fingerprint density at radius 2 is 2.10 bits per heavy atom. The van der Waals surface area contributed by atoms with E-state index in [-0.39, 0.29) is 19.1 Å². The Morgan fingerprint density at radius 1 is 1.43 bits per heavy atom. The number of esters is 1. The summed E-state index contributed by atoms with van der Waals surface area (Å²) >= 11 is 0. The molecule has 1 fully saturated rings. The fourth-order valence-electron chi connectivity index (χ4n) is 2.10. The van der Waals surface area contributed by atoms with Crippen LogP contribution in [0.4, 0.5) is 4.79 Å². The highest BCUT2D eigenvalue weighted by atomic mass is 16.5. The molecule has 0 saturated carbocycles. The third kappa shape index (κ3) is 4.89. The van der Waals surface area contributed by atoms with Crippen LogP contribution in [0.5, 0.6) is 0 Å². The molecular weight excluding hydrogens is 280 g/mol. The third-order valence-corrected chi connectivity index (χ3v) is 3.17. The molecule has 1 unspecified atom stereocenters. The van der Waals surface area contributed by atoms with Crippen molar-refractivity contribution in [2.45, 2.75) is 32.4 Å². The molecule has 0 spiro atoms. The first-order valence-electron chi connectivity index (χ1n) is 6.82. The molecule has 1 aliphatic heterocycles.